The molecule has 1 heterocycles. The van der Waals surface area contributed by atoms with Crippen LogP contribution in [-0.4, -0.2) is 13.6 Å². The van der Waals surface area contributed by atoms with Gasteiger partial charge in [-0.25, -0.2) is 8.42 Å². The molecule has 21 heavy (non-hydrogen) atoms. The molecule has 0 aliphatic heterocycles. The molecule has 114 valence electrons. The lowest BCUT2D eigenvalue weighted by molar-refractivity contribution is 0.400. The molecular weight excluding hydrogens is 288 g/mol. The molecule has 1 aromatic heterocycles. The zero-order valence-corrected chi connectivity index (χ0v) is 13.5. The Labute approximate surface area is 125 Å². The highest BCUT2D eigenvalue weighted by Crippen LogP contribution is 2.27. The summed E-state index contributed by atoms with van der Waals surface area (Å²) in [7, 11) is -3.64. The van der Waals surface area contributed by atoms with Crippen molar-refractivity contribution >= 4 is 15.8 Å². The highest BCUT2D eigenvalue weighted by atomic mass is 32.2. The van der Waals surface area contributed by atoms with E-state index >= 15 is 0 Å². The smallest absolute Gasteiger partial charge is 0.263 e. The molecule has 0 bridgehead atoms. The summed E-state index contributed by atoms with van der Waals surface area (Å²) in [6.07, 6.45) is 0.982. The Kier molecular flexibility index (Phi) is 4.09. The summed E-state index contributed by atoms with van der Waals surface area (Å²) < 4.78 is 31.7. The summed E-state index contributed by atoms with van der Waals surface area (Å²) in [5, 5.41) is 3.63. The van der Waals surface area contributed by atoms with Gasteiger partial charge in [0.25, 0.3) is 10.0 Å². The number of hydrogen-bond donors (Lipinski definition) is 1. The predicted octanol–water partition coefficient (Wildman–Crippen LogP) is 3.47. The van der Waals surface area contributed by atoms with Crippen LogP contribution in [0.5, 0.6) is 0 Å². The predicted molar refractivity (Wildman–Crippen MR) is 81.8 cm³/mol. The molecule has 0 fully saturated rings. The van der Waals surface area contributed by atoms with Crippen molar-refractivity contribution in [3.8, 4) is 0 Å². The molecule has 2 aromatic rings. The number of nitrogens with one attached hydrogen (secondary N) is 1. The Morgan fingerprint density at radius 3 is 2.33 bits per heavy atom. The normalized spacial score (nSPS) is 12.4. The molecule has 0 atom stereocenters. The monoisotopic (exact) mass is 308 g/mol. The standard InChI is InChI=1S/C15H20N2O3S/c1-5-15(3,4)12-6-8-13(9-7-12)21(18,19)17-14-10-11(2)20-16-14/h6-10H,5H2,1-4H3,(H,16,17). The molecule has 0 saturated carbocycles. The third-order valence-corrected chi connectivity index (χ3v) is 5.07. The summed E-state index contributed by atoms with van der Waals surface area (Å²) in [5.74, 6) is 0.734. The molecule has 1 N–H and O–H groups in total. The molecule has 0 aliphatic carbocycles. The lowest BCUT2D eigenvalue weighted by atomic mass is 9.82. The van der Waals surface area contributed by atoms with Gasteiger partial charge in [-0.3, -0.25) is 4.72 Å². The molecule has 1 aromatic carbocycles. The maximum atomic E-state index is 12.2. The van der Waals surface area contributed by atoms with Gasteiger partial charge in [-0.05, 0) is 36.5 Å². The average molecular weight is 308 g/mol. The third-order valence-electron chi connectivity index (χ3n) is 3.70. The van der Waals surface area contributed by atoms with Crippen LogP contribution in [0.4, 0.5) is 5.82 Å². The molecule has 0 radical (unpaired) electrons. The topological polar surface area (TPSA) is 72.2 Å². The van der Waals surface area contributed by atoms with E-state index in [1.807, 2.05) is 12.1 Å². The van der Waals surface area contributed by atoms with Crippen LogP contribution in [0.1, 0.15) is 38.5 Å². The van der Waals surface area contributed by atoms with Gasteiger partial charge < -0.3 is 4.52 Å². The first-order valence-electron chi connectivity index (χ1n) is 6.81. The maximum absolute atomic E-state index is 12.2. The number of hydrogen-bond acceptors (Lipinski definition) is 4. The van der Waals surface area contributed by atoms with Gasteiger partial charge in [-0.15, -0.1) is 0 Å². The van der Waals surface area contributed by atoms with Crippen LogP contribution in [0.3, 0.4) is 0 Å². The van der Waals surface area contributed by atoms with Crippen LogP contribution in [-0.2, 0) is 15.4 Å². The molecule has 0 amide bonds. The molecule has 0 unspecified atom stereocenters. The second-order valence-corrected chi connectivity index (χ2v) is 7.37. The number of nitrogens with zero attached hydrogens (tertiary/aromatic N) is 1. The van der Waals surface area contributed by atoms with Gasteiger partial charge in [-0.1, -0.05) is 38.1 Å². The highest BCUT2D eigenvalue weighted by molar-refractivity contribution is 7.92. The zero-order chi connectivity index (χ0) is 15.7. The van der Waals surface area contributed by atoms with E-state index in [-0.39, 0.29) is 16.1 Å². The van der Waals surface area contributed by atoms with E-state index in [0.29, 0.717) is 5.76 Å². The molecular formula is C15H20N2O3S. The minimum absolute atomic E-state index is 0.0267. The Hall–Kier alpha value is -1.82. The van der Waals surface area contributed by atoms with Crippen molar-refractivity contribution < 1.29 is 12.9 Å². The van der Waals surface area contributed by atoms with Gasteiger partial charge in [0.2, 0.25) is 0 Å². The second-order valence-electron chi connectivity index (χ2n) is 5.69. The van der Waals surface area contributed by atoms with Gasteiger partial charge in [0.05, 0.1) is 4.90 Å². The molecule has 2 rings (SSSR count). The Morgan fingerprint density at radius 1 is 1.24 bits per heavy atom. The van der Waals surface area contributed by atoms with Gasteiger partial charge in [0.15, 0.2) is 5.82 Å². The van der Waals surface area contributed by atoms with E-state index in [4.69, 9.17) is 4.52 Å². The summed E-state index contributed by atoms with van der Waals surface area (Å²) in [4.78, 5) is 0.207. The van der Waals surface area contributed by atoms with Gasteiger partial charge in [0.1, 0.15) is 5.76 Å². The number of benzene rings is 1. The maximum Gasteiger partial charge on any atom is 0.263 e. The van der Waals surface area contributed by atoms with Crippen molar-refractivity contribution in [3.63, 3.8) is 0 Å². The fraction of sp³-hybridized carbons (Fsp3) is 0.400. The van der Waals surface area contributed by atoms with Crippen LogP contribution >= 0.6 is 0 Å². The average Bonchev–Trinajstić information content (AvgIpc) is 2.83. The molecule has 6 heteroatoms. The lowest BCUT2D eigenvalue weighted by Gasteiger charge is -2.23. The summed E-state index contributed by atoms with van der Waals surface area (Å²) in [6.45, 7) is 8.07. The first-order valence-corrected chi connectivity index (χ1v) is 8.29. The van der Waals surface area contributed by atoms with Gasteiger partial charge in [-0.2, -0.15) is 0 Å². The summed E-state index contributed by atoms with van der Waals surface area (Å²) >= 11 is 0. The highest BCUT2D eigenvalue weighted by Gasteiger charge is 2.20. The minimum Gasteiger partial charge on any atom is -0.360 e. The molecule has 0 saturated heterocycles. The third kappa shape index (κ3) is 3.44. The van der Waals surface area contributed by atoms with Crippen molar-refractivity contribution in [2.45, 2.75) is 44.4 Å². The summed E-state index contributed by atoms with van der Waals surface area (Å²) in [5.41, 5.74) is 1.14. The number of aromatic nitrogens is 1. The van der Waals surface area contributed by atoms with E-state index in [2.05, 4.69) is 30.6 Å². The fourth-order valence-corrected chi connectivity index (χ4v) is 2.88. The lowest BCUT2D eigenvalue weighted by Crippen LogP contribution is -2.17. The van der Waals surface area contributed by atoms with E-state index in [9.17, 15) is 8.42 Å². The Morgan fingerprint density at radius 2 is 1.86 bits per heavy atom. The zero-order valence-electron chi connectivity index (χ0n) is 12.7. The van der Waals surface area contributed by atoms with E-state index < -0.39 is 10.0 Å². The quantitative estimate of drug-likeness (QED) is 0.918. The van der Waals surface area contributed by atoms with E-state index in [0.717, 1.165) is 12.0 Å². The van der Waals surface area contributed by atoms with Crippen LogP contribution in [0.2, 0.25) is 0 Å². The molecule has 0 aliphatic rings. The second kappa shape index (κ2) is 5.52. The summed E-state index contributed by atoms with van der Waals surface area (Å²) in [6, 6.07) is 8.47. The van der Waals surface area contributed by atoms with Crippen LogP contribution in [0.15, 0.2) is 39.8 Å². The van der Waals surface area contributed by atoms with Crippen molar-refractivity contribution in [2.24, 2.45) is 0 Å². The minimum atomic E-state index is -3.64. The van der Waals surface area contributed by atoms with E-state index in [1.54, 1.807) is 19.1 Å². The SMILES string of the molecule is CCC(C)(C)c1ccc(S(=O)(=O)Nc2cc(C)on2)cc1. The Bertz CT molecular complexity index is 716. The van der Waals surface area contributed by atoms with Crippen molar-refractivity contribution in [3.05, 3.63) is 41.7 Å². The largest absolute Gasteiger partial charge is 0.360 e. The number of sulfonamides is 1. The number of aryl methyl sites for hydroxylation is 1. The molecule has 5 nitrogen and oxygen atoms in total. The first-order chi connectivity index (χ1) is 9.74. The first kappa shape index (κ1) is 15.6. The number of anilines is 1. The van der Waals surface area contributed by atoms with Gasteiger partial charge in [0, 0.05) is 6.07 Å². The van der Waals surface area contributed by atoms with Crippen LogP contribution < -0.4 is 4.72 Å². The van der Waals surface area contributed by atoms with Crippen LogP contribution in [0.25, 0.3) is 0 Å². The van der Waals surface area contributed by atoms with Crippen molar-refractivity contribution in [1.29, 1.82) is 0 Å². The Balaban J connectivity index is 2.25. The molecule has 0 spiro atoms. The van der Waals surface area contributed by atoms with Crippen LogP contribution in [0, 0.1) is 6.92 Å². The van der Waals surface area contributed by atoms with E-state index in [1.165, 1.54) is 6.07 Å². The van der Waals surface area contributed by atoms with Crippen molar-refractivity contribution in [2.75, 3.05) is 4.72 Å². The van der Waals surface area contributed by atoms with Crippen molar-refractivity contribution in [1.82, 2.24) is 5.16 Å². The number of rotatable bonds is 5. The fourth-order valence-electron chi connectivity index (χ4n) is 1.90. The van der Waals surface area contributed by atoms with Gasteiger partial charge >= 0.3 is 0 Å².